The molecule has 0 N–H and O–H groups in total. The lowest BCUT2D eigenvalue weighted by Crippen LogP contribution is -2.43. The number of carbonyl (C=O) groups is 1. The van der Waals surface area contributed by atoms with Crippen molar-refractivity contribution >= 4 is 17.7 Å². The fourth-order valence-electron chi connectivity index (χ4n) is 2.06. The molecule has 20 heavy (non-hydrogen) atoms. The first kappa shape index (κ1) is 16.9. The van der Waals surface area contributed by atoms with E-state index in [2.05, 4.69) is 15.5 Å². The van der Waals surface area contributed by atoms with Crippen molar-refractivity contribution in [3.05, 3.63) is 0 Å². The number of hydrogen-bond acceptors (Lipinski definition) is 5. The topological polar surface area (TPSA) is 63.9 Å². The highest BCUT2D eigenvalue weighted by Crippen LogP contribution is 2.22. The monoisotopic (exact) mass is 299 g/mol. The van der Waals surface area contributed by atoms with Crippen molar-refractivity contribution in [2.75, 3.05) is 5.75 Å². The molecule has 0 aromatic carbocycles. The highest BCUT2D eigenvalue weighted by molar-refractivity contribution is 7.99. The van der Waals surface area contributed by atoms with Crippen LogP contribution in [0.25, 0.3) is 0 Å². The van der Waals surface area contributed by atoms with Gasteiger partial charge in [-0.2, -0.15) is 0 Å². The quantitative estimate of drug-likeness (QED) is 0.780. The van der Waals surface area contributed by atoms with Crippen LogP contribution in [-0.2, 0) is 10.3 Å². The third-order valence-corrected chi connectivity index (χ3v) is 3.71. The van der Waals surface area contributed by atoms with Crippen molar-refractivity contribution in [3.63, 3.8) is 0 Å². The number of hydrogen-bond donors (Lipinski definition) is 0. The predicted octanol–water partition coefficient (Wildman–Crippen LogP) is 2.17. The van der Waals surface area contributed by atoms with E-state index in [-0.39, 0.29) is 23.5 Å². The third kappa shape index (κ3) is 4.19. The normalized spacial score (nSPS) is 12.2. The number of rotatable bonds is 5. The molecule has 0 atom stereocenters. The second-order valence-corrected chi connectivity index (χ2v) is 7.26. The van der Waals surface area contributed by atoms with Gasteiger partial charge in [0, 0.05) is 12.1 Å². The Morgan fingerprint density at radius 3 is 2.25 bits per heavy atom. The molecule has 1 amide bonds. The number of nitrogens with zero attached hydrogens (tertiary/aromatic N) is 5. The standard InChI is InChI=1S/C13H25N5OS/c1-9(2)17(10(3)4)11(19)8-20-12-14-15-16-18(12)13(5,6)7/h9-10H,8H2,1-7H3. The van der Waals surface area contributed by atoms with Gasteiger partial charge in [0.05, 0.1) is 11.3 Å². The van der Waals surface area contributed by atoms with Crippen molar-refractivity contribution in [2.24, 2.45) is 0 Å². The minimum Gasteiger partial charge on any atom is -0.337 e. The van der Waals surface area contributed by atoms with E-state index in [1.807, 2.05) is 53.4 Å². The number of thioether (sulfide) groups is 1. The molecular weight excluding hydrogens is 274 g/mol. The molecule has 0 saturated carbocycles. The number of aromatic nitrogens is 4. The second-order valence-electron chi connectivity index (χ2n) is 6.32. The maximum absolute atomic E-state index is 12.3. The van der Waals surface area contributed by atoms with Gasteiger partial charge < -0.3 is 4.90 Å². The molecule has 0 fully saturated rings. The summed E-state index contributed by atoms with van der Waals surface area (Å²) < 4.78 is 1.75. The van der Waals surface area contributed by atoms with E-state index in [9.17, 15) is 4.79 Å². The fourth-order valence-corrected chi connectivity index (χ4v) is 2.99. The molecule has 0 aliphatic heterocycles. The molecule has 0 radical (unpaired) electrons. The van der Waals surface area contributed by atoms with E-state index < -0.39 is 0 Å². The van der Waals surface area contributed by atoms with Crippen LogP contribution in [0.1, 0.15) is 48.5 Å². The van der Waals surface area contributed by atoms with Crippen LogP contribution in [0.15, 0.2) is 5.16 Å². The SMILES string of the molecule is CC(C)N(C(=O)CSc1nnnn1C(C)(C)C)C(C)C. The zero-order valence-corrected chi connectivity index (χ0v) is 14.2. The van der Waals surface area contributed by atoms with Crippen molar-refractivity contribution < 1.29 is 4.79 Å². The lowest BCUT2D eigenvalue weighted by molar-refractivity contribution is -0.131. The van der Waals surface area contributed by atoms with Crippen LogP contribution in [0.4, 0.5) is 0 Å². The molecular formula is C13H25N5OS. The molecule has 1 heterocycles. The average molecular weight is 299 g/mol. The Morgan fingerprint density at radius 2 is 1.80 bits per heavy atom. The molecule has 0 saturated heterocycles. The minimum absolute atomic E-state index is 0.114. The van der Waals surface area contributed by atoms with Gasteiger partial charge >= 0.3 is 0 Å². The fraction of sp³-hybridized carbons (Fsp3) is 0.846. The molecule has 6 nitrogen and oxygen atoms in total. The van der Waals surface area contributed by atoms with Gasteiger partial charge in [-0.25, -0.2) is 4.68 Å². The van der Waals surface area contributed by atoms with E-state index in [4.69, 9.17) is 0 Å². The Kier molecular flexibility index (Phi) is 5.56. The summed E-state index contributed by atoms with van der Waals surface area (Å²) in [6, 6.07) is 0.392. The van der Waals surface area contributed by atoms with Crippen molar-refractivity contribution in [3.8, 4) is 0 Å². The summed E-state index contributed by atoms with van der Waals surface area (Å²) in [4.78, 5) is 14.2. The molecule has 114 valence electrons. The predicted molar refractivity (Wildman–Crippen MR) is 80.7 cm³/mol. The van der Waals surface area contributed by atoms with Crippen LogP contribution in [0, 0.1) is 0 Å². The molecule has 0 spiro atoms. The summed E-state index contributed by atoms with van der Waals surface area (Å²) in [7, 11) is 0. The van der Waals surface area contributed by atoms with E-state index in [1.54, 1.807) is 4.68 Å². The third-order valence-electron chi connectivity index (χ3n) is 2.80. The summed E-state index contributed by atoms with van der Waals surface area (Å²) >= 11 is 1.39. The molecule has 1 aromatic rings. The van der Waals surface area contributed by atoms with Crippen LogP contribution >= 0.6 is 11.8 Å². The van der Waals surface area contributed by atoms with Gasteiger partial charge in [0.1, 0.15) is 0 Å². The first-order valence-electron chi connectivity index (χ1n) is 6.87. The zero-order chi connectivity index (χ0) is 15.5. The van der Waals surface area contributed by atoms with Crippen LogP contribution in [0.3, 0.4) is 0 Å². The summed E-state index contributed by atoms with van der Waals surface area (Å²) in [5.41, 5.74) is -0.190. The van der Waals surface area contributed by atoms with E-state index >= 15 is 0 Å². The highest BCUT2D eigenvalue weighted by Gasteiger charge is 2.23. The Labute approximate surface area is 125 Å². The number of tetrazole rings is 1. The number of amides is 1. The maximum atomic E-state index is 12.3. The van der Waals surface area contributed by atoms with Crippen molar-refractivity contribution in [2.45, 2.75) is 71.2 Å². The van der Waals surface area contributed by atoms with Gasteiger partial charge in [-0.05, 0) is 58.9 Å². The van der Waals surface area contributed by atoms with Crippen molar-refractivity contribution in [1.82, 2.24) is 25.1 Å². The van der Waals surface area contributed by atoms with Crippen LogP contribution < -0.4 is 0 Å². The zero-order valence-electron chi connectivity index (χ0n) is 13.4. The lowest BCUT2D eigenvalue weighted by atomic mass is 10.1. The van der Waals surface area contributed by atoms with Gasteiger partial charge in [0.15, 0.2) is 0 Å². The van der Waals surface area contributed by atoms with Gasteiger partial charge in [-0.1, -0.05) is 11.8 Å². The molecule has 0 unspecified atom stereocenters. The number of carbonyl (C=O) groups excluding carboxylic acids is 1. The second kappa shape index (κ2) is 6.56. The van der Waals surface area contributed by atoms with E-state index in [0.717, 1.165) is 0 Å². The smallest absolute Gasteiger partial charge is 0.233 e. The van der Waals surface area contributed by atoms with E-state index in [1.165, 1.54) is 11.8 Å². The van der Waals surface area contributed by atoms with E-state index in [0.29, 0.717) is 10.9 Å². The van der Waals surface area contributed by atoms with Crippen LogP contribution in [0.2, 0.25) is 0 Å². The minimum atomic E-state index is -0.190. The van der Waals surface area contributed by atoms with Crippen LogP contribution in [0.5, 0.6) is 0 Å². The Morgan fingerprint density at radius 1 is 1.25 bits per heavy atom. The molecule has 0 aliphatic rings. The van der Waals surface area contributed by atoms with Gasteiger partial charge in [0.25, 0.3) is 0 Å². The lowest BCUT2D eigenvalue weighted by Gasteiger charge is -2.30. The first-order valence-corrected chi connectivity index (χ1v) is 7.86. The molecule has 1 rings (SSSR count). The first-order chi connectivity index (χ1) is 9.14. The summed E-state index contributed by atoms with van der Waals surface area (Å²) in [5.74, 6) is 0.468. The average Bonchev–Trinajstić information content (AvgIpc) is 2.72. The van der Waals surface area contributed by atoms with Gasteiger partial charge in [-0.15, -0.1) is 5.10 Å². The summed E-state index contributed by atoms with van der Waals surface area (Å²) in [5, 5.41) is 12.4. The maximum Gasteiger partial charge on any atom is 0.233 e. The van der Waals surface area contributed by atoms with Gasteiger partial charge in [0.2, 0.25) is 11.1 Å². The van der Waals surface area contributed by atoms with Gasteiger partial charge in [-0.3, -0.25) is 4.79 Å². The Hall–Kier alpha value is -1.11. The summed E-state index contributed by atoms with van der Waals surface area (Å²) in [6.07, 6.45) is 0. The highest BCUT2D eigenvalue weighted by atomic mass is 32.2. The molecule has 0 aliphatic carbocycles. The molecule has 0 bridgehead atoms. The largest absolute Gasteiger partial charge is 0.337 e. The Bertz CT molecular complexity index is 442. The molecule has 1 aromatic heterocycles. The van der Waals surface area contributed by atoms with Crippen molar-refractivity contribution in [1.29, 1.82) is 0 Å². The van der Waals surface area contributed by atoms with Crippen LogP contribution in [-0.4, -0.2) is 48.9 Å². The molecule has 7 heteroatoms. The summed E-state index contributed by atoms with van der Waals surface area (Å²) in [6.45, 7) is 14.2. The Balaban J connectivity index is 2.73.